The number of nitrogens with zero attached hydrogens (tertiary/aromatic N) is 2. The van der Waals surface area contributed by atoms with Crippen LogP contribution in [0.3, 0.4) is 0 Å². The van der Waals surface area contributed by atoms with Crippen molar-refractivity contribution in [3.63, 3.8) is 0 Å². The average Bonchev–Trinajstić information content (AvgIpc) is 3.33. The number of anilines is 1. The quantitative estimate of drug-likeness (QED) is 0.566. The van der Waals surface area contributed by atoms with Crippen molar-refractivity contribution in [2.45, 2.75) is 44.9 Å². The SMILES string of the molecule is CCN(CCNc1ccc(C#CCOC2CCCC2)cn1)C(=O)c1ccccc1C(F)(F)F. The third-order valence-corrected chi connectivity index (χ3v) is 5.51. The molecule has 2 aromatic rings. The average molecular weight is 460 g/mol. The molecule has 1 aliphatic carbocycles. The standard InChI is InChI=1S/C25H28F3N3O2/c1-2-31(24(32)21-11-5-6-12-22(21)25(26,27)28)16-15-29-23-14-13-19(18-30-23)8-7-17-33-20-9-3-4-10-20/h5-6,11-14,18,20H,2-4,9-10,15-17H2,1H3,(H,29,30). The number of pyridine rings is 1. The molecule has 1 aromatic carbocycles. The van der Waals surface area contributed by atoms with Crippen molar-refractivity contribution in [1.82, 2.24) is 9.88 Å². The van der Waals surface area contributed by atoms with Crippen LogP contribution < -0.4 is 5.32 Å². The van der Waals surface area contributed by atoms with E-state index in [0.717, 1.165) is 24.5 Å². The first-order valence-corrected chi connectivity index (χ1v) is 11.1. The minimum atomic E-state index is -4.58. The third kappa shape index (κ3) is 7.22. The fraction of sp³-hybridized carbons (Fsp3) is 0.440. The second kappa shape index (κ2) is 11.7. The Morgan fingerprint density at radius 3 is 2.64 bits per heavy atom. The molecule has 0 atom stereocenters. The van der Waals surface area contributed by atoms with Gasteiger partial charge in [-0.3, -0.25) is 4.79 Å². The van der Waals surface area contributed by atoms with Gasteiger partial charge < -0.3 is 15.0 Å². The first-order valence-electron chi connectivity index (χ1n) is 11.1. The first kappa shape index (κ1) is 24.6. The van der Waals surface area contributed by atoms with Crippen molar-refractivity contribution >= 4 is 11.7 Å². The summed E-state index contributed by atoms with van der Waals surface area (Å²) in [4.78, 5) is 18.4. The number of alkyl halides is 3. The van der Waals surface area contributed by atoms with Crippen LogP contribution in [0.5, 0.6) is 0 Å². The van der Waals surface area contributed by atoms with Gasteiger partial charge in [0, 0.05) is 31.4 Å². The van der Waals surface area contributed by atoms with Gasteiger partial charge in [0.15, 0.2) is 0 Å². The monoisotopic (exact) mass is 459 g/mol. The van der Waals surface area contributed by atoms with Gasteiger partial charge in [-0.05, 0) is 44.0 Å². The molecule has 0 spiro atoms. The van der Waals surface area contributed by atoms with Crippen LogP contribution in [0.4, 0.5) is 19.0 Å². The molecule has 1 aromatic heterocycles. The molecular weight excluding hydrogens is 431 g/mol. The molecule has 1 N–H and O–H groups in total. The van der Waals surface area contributed by atoms with Crippen LogP contribution in [0, 0.1) is 11.8 Å². The number of likely N-dealkylation sites (N-methyl/N-ethyl adjacent to an activating group) is 1. The van der Waals surface area contributed by atoms with Gasteiger partial charge in [0.25, 0.3) is 5.91 Å². The van der Waals surface area contributed by atoms with Gasteiger partial charge in [-0.1, -0.05) is 36.8 Å². The molecule has 33 heavy (non-hydrogen) atoms. The van der Waals surface area contributed by atoms with Gasteiger partial charge in [0.05, 0.1) is 17.2 Å². The number of amides is 1. The van der Waals surface area contributed by atoms with E-state index >= 15 is 0 Å². The Labute approximate surface area is 192 Å². The van der Waals surface area contributed by atoms with E-state index in [4.69, 9.17) is 4.74 Å². The zero-order valence-corrected chi connectivity index (χ0v) is 18.6. The Kier molecular flexibility index (Phi) is 8.72. The number of carbonyl (C=O) groups is 1. The Morgan fingerprint density at radius 1 is 1.21 bits per heavy atom. The van der Waals surface area contributed by atoms with Crippen LogP contribution in [-0.2, 0) is 10.9 Å². The van der Waals surface area contributed by atoms with E-state index in [2.05, 4.69) is 22.1 Å². The largest absolute Gasteiger partial charge is 0.417 e. The highest BCUT2D eigenvalue weighted by Gasteiger charge is 2.35. The van der Waals surface area contributed by atoms with Crippen molar-refractivity contribution in [3.05, 3.63) is 59.3 Å². The molecule has 3 rings (SSSR count). The highest BCUT2D eigenvalue weighted by molar-refractivity contribution is 5.96. The lowest BCUT2D eigenvalue weighted by atomic mass is 10.1. The van der Waals surface area contributed by atoms with Crippen molar-refractivity contribution < 1.29 is 22.7 Å². The van der Waals surface area contributed by atoms with E-state index < -0.39 is 17.6 Å². The summed E-state index contributed by atoms with van der Waals surface area (Å²) in [5.74, 6) is 5.97. The maximum atomic E-state index is 13.2. The van der Waals surface area contributed by atoms with Gasteiger partial charge in [-0.2, -0.15) is 13.2 Å². The summed E-state index contributed by atoms with van der Waals surface area (Å²) < 4.78 is 45.4. The number of halogens is 3. The fourth-order valence-electron chi connectivity index (χ4n) is 3.73. The second-order valence-electron chi connectivity index (χ2n) is 7.81. The van der Waals surface area contributed by atoms with Crippen molar-refractivity contribution in [2.75, 3.05) is 31.6 Å². The smallest absolute Gasteiger partial charge is 0.368 e. The van der Waals surface area contributed by atoms with E-state index in [9.17, 15) is 18.0 Å². The Hall–Kier alpha value is -3.05. The number of nitrogens with one attached hydrogen (secondary N) is 1. The first-order chi connectivity index (χ1) is 15.9. The number of hydrogen-bond donors (Lipinski definition) is 1. The minimum absolute atomic E-state index is 0.239. The van der Waals surface area contributed by atoms with Crippen molar-refractivity contribution in [1.29, 1.82) is 0 Å². The number of ether oxygens (including phenoxy) is 1. The topological polar surface area (TPSA) is 54.5 Å². The molecule has 0 aliphatic heterocycles. The molecular formula is C25H28F3N3O2. The summed E-state index contributed by atoms with van der Waals surface area (Å²) in [6.45, 7) is 3.02. The molecule has 0 bridgehead atoms. The van der Waals surface area contributed by atoms with E-state index in [1.807, 2.05) is 6.07 Å². The van der Waals surface area contributed by atoms with E-state index in [0.29, 0.717) is 25.1 Å². The number of benzene rings is 1. The molecule has 1 heterocycles. The second-order valence-corrected chi connectivity index (χ2v) is 7.81. The zero-order chi connectivity index (χ0) is 23.7. The van der Waals surface area contributed by atoms with Crippen LogP contribution in [0.2, 0.25) is 0 Å². The maximum Gasteiger partial charge on any atom is 0.417 e. The molecule has 5 nitrogen and oxygen atoms in total. The summed E-state index contributed by atoms with van der Waals surface area (Å²) in [5, 5.41) is 3.09. The maximum absolute atomic E-state index is 13.2. The van der Waals surface area contributed by atoms with Gasteiger partial charge in [0.2, 0.25) is 0 Å². The number of hydrogen-bond acceptors (Lipinski definition) is 4. The van der Waals surface area contributed by atoms with E-state index in [1.54, 1.807) is 19.2 Å². The van der Waals surface area contributed by atoms with Gasteiger partial charge in [-0.25, -0.2) is 4.98 Å². The molecule has 8 heteroatoms. The lowest BCUT2D eigenvalue weighted by Gasteiger charge is -2.23. The van der Waals surface area contributed by atoms with Crippen LogP contribution in [0.25, 0.3) is 0 Å². The summed E-state index contributed by atoms with van der Waals surface area (Å²) in [5.41, 5.74) is -0.497. The molecule has 1 fully saturated rings. The van der Waals surface area contributed by atoms with Crippen LogP contribution in [-0.4, -0.2) is 48.1 Å². The molecule has 0 saturated heterocycles. The van der Waals surface area contributed by atoms with Gasteiger partial charge in [-0.15, -0.1) is 0 Å². The predicted octanol–water partition coefficient (Wildman–Crippen LogP) is 4.99. The molecule has 1 amide bonds. The minimum Gasteiger partial charge on any atom is -0.368 e. The number of aromatic nitrogens is 1. The Balaban J connectivity index is 1.49. The summed E-state index contributed by atoms with van der Waals surface area (Å²) in [6.07, 6.45) is 2.07. The number of rotatable bonds is 8. The van der Waals surface area contributed by atoms with Gasteiger partial charge >= 0.3 is 6.18 Å². The van der Waals surface area contributed by atoms with Crippen LogP contribution >= 0.6 is 0 Å². The summed E-state index contributed by atoms with van der Waals surface area (Å²) in [7, 11) is 0. The van der Waals surface area contributed by atoms with E-state index in [1.165, 1.54) is 35.9 Å². The highest BCUT2D eigenvalue weighted by Crippen LogP contribution is 2.32. The predicted molar refractivity (Wildman–Crippen MR) is 121 cm³/mol. The normalized spacial score (nSPS) is 13.9. The zero-order valence-electron chi connectivity index (χ0n) is 18.6. The molecule has 0 radical (unpaired) electrons. The fourth-order valence-corrected chi connectivity index (χ4v) is 3.73. The summed E-state index contributed by atoms with van der Waals surface area (Å²) >= 11 is 0. The van der Waals surface area contributed by atoms with Crippen LogP contribution in [0.15, 0.2) is 42.6 Å². The molecule has 1 aliphatic rings. The van der Waals surface area contributed by atoms with Gasteiger partial charge in [0.1, 0.15) is 12.4 Å². The molecule has 176 valence electrons. The highest BCUT2D eigenvalue weighted by atomic mass is 19.4. The molecule has 1 saturated carbocycles. The van der Waals surface area contributed by atoms with Crippen molar-refractivity contribution in [3.8, 4) is 11.8 Å². The third-order valence-electron chi connectivity index (χ3n) is 5.51. The lowest BCUT2D eigenvalue weighted by molar-refractivity contribution is -0.138. The molecule has 0 unspecified atom stereocenters. The number of carbonyl (C=O) groups excluding carboxylic acids is 1. The Morgan fingerprint density at radius 2 is 1.97 bits per heavy atom. The lowest BCUT2D eigenvalue weighted by Crippen LogP contribution is -2.36. The Bertz CT molecular complexity index is 975. The van der Waals surface area contributed by atoms with Crippen LogP contribution in [0.1, 0.15) is 54.1 Å². The van der Waals surface area contributed by atoms with E-state index in [-0.39, 0.29) is 18.7 Å². The van der Waals surface area contributed by atoms with Crippen molar-refractivity contribution in [2.24, 2.45) is 0 Å². The summed E-state index contributed by atoms with van der Waals surface area (Å²) in [6, 6.07) is 8.46.